The first-order chi connectivity index (χ1) is 7.95. The fraction of sp³-hybridized carbons (Fsp3) is 0.429. The fourth-order valence-electron chi connectivity index (χ4n) is 1.69. The zero-order valence-electron chi connectivity index (χ0n) is 9.42. The van der Waals surface area contributed by atoms with Gasteiger partial charge >= 0.3 is 0 Å². The lowest BCUT2D eigenvalue weighted by molar-refractivity contribution is 0.906. The monoisotopic (exact) mass is 250 g/mol. The maximum Gasteiger partial charge on any atom is 0.0413 e. The van der Waals surface area contributed by atoms with E-state index in [1.807, 2.05) is 0 Å². The highest BCUT2D eigenvalue weighted by Gasteiger charge is 2.05. The van der Waals surface area contributed by atoms with Gasteiger partial charge in [-0.2, -0.15) is 23.5 Å². The quantitative estimate of drug-likeness (QED) is 0.620. The van der Waals surface area contributed by atoms with Gasteiger partial charge in [0.25, 0.3) is 0 Å². The van der Waals surface area contributed by atoms with Crippen molar-refractivity contribution in [3.8, 4) is 0 Å². The lowest BCUT2D eigenvalue weighted by atomic mass is 10.4. The molecule has 0 N–H and O–H groups in total. The van der Waals surface area contributed by atoms with Crippen LogP contribution < -0.4 is 0 Å². The molecule has 16 heavy (non-hydrogen) atoms. The van der Waals surface area contributed by atoms with E-state index in [0.717, 1.165) is 0 Å². The zero-order chi connectivity index (χ0) is 11.1. The van der Waals surface area contributed by atoms with Gasteiger partial charge in [0, 0.05) is 10.5 Å². The summed E-state index contributed by atoms with van der Waals surface area (Å²) in [4.78, 5) is 0. The highest BCUT2D eigenvalue weighted by Crippen LogP contribution is 2.22. The minimum Gasteiger partial charge on any atom is -0.150 e. The van der Waals surface area contributed by atoms with Gasteiger partial charge in [-0.05, 0) is 24.3 Å². The Morgan fingerprint density at radius 2 is 1.00 bits per heavy atom. The molecule has 0 aromatic rings. The summed E-state index contributed by atoms with van der Waals surface area (Å²) in [5.74, 6) is 2.58. The van der Waals surface area contributed by atoms with Gasteiger partial charge in [-0.1, -0.05) is 48.6 Å². The van der Waals surface area contributed by atoms with Crippen molar-refractivity contribution in [2.24, 2.45) is 0 Å². The van der Waals surface area contributed by atoms with Gasteiger partial charge in [0.1, 0.15) is 0 Å². The number of allylic oxidation sites excluding steroid dienone is 4. The highest BCUT2D eigenvalue weighted by molar-refractivity contribution is 8.00. The number of thioether (sulfide) groups is 2. The Morgan fingerprint density at radius 1 is 0.625 bits per heavy atom. The van der Waals surface area contributed by atoms with Crippen molar-refractivity contribution in [2.45, 2.75) is 23.3 Å². The molecule has 0 amide bonds. The molecule has 0 unspecified atom stereocenters. The topological polar surface area (TPSA) is 0 Å². The van der Waals surface area contributed by atoms with Gasteiger partial charge in [-0.15, -0.1) is 0 Å². The Labute approximate surface area is 107 Å². The molecule has 0 fully saturated rings. The first kappa shape index (κ1) is 12.1. The molecule has 0 saturated carbocycles. The minimum absolute atomic E-state index is 0.647. The molecule has 0 atom stereocenters. The summed E-state index contributed by atoms with van der Waals surface area (Å²) in [6.07, 6.45) is 20.4. The maximum absolute atomic E-state index is 2.27. The van der Waals surface area contributed by atoms with Crippen LogP contribution in [0.2, 0.25) is 0 Å². The molecule has 2 heteroatoms. The Kier molecular flexibility index (Phi) is 5.36. The molecule has 0 aromatic heterocycles. The van der Waals surface area contributed by atoms with Crippen molar-refractivity contribution in [1.82, 2.24) is 0 Å². The second kappa shape index (κ2) is 7.08. The third-order valence-corrected chi connectivity index (χ3v) is 5.03. The summed E-state index contributed by atoms with van der Waals surface area (Å²) in [6.45, 7) is 0. The first-order valence-electron chi connectivity index (χ1n) is 5.88. The smallest absolute Gasteiger partial charge is 0.0413 e. The summed E-state index contributed by atoms with van der Waals surface area (Å²) in [6, 6.07) is 0. The van der Waals surface area contributed by atoms with E-state index >= 15 is 0 Å². The molecule has 0 saturated heterocycles. The highest BCUT2D eigenvalue weighted by atomic mass is 32.2. The van der Waals surface area contributed by atoms with E-state index in [9.17, 15) is 0 Å². The summed E-state index contributed by atoms with van der Waals surface area (Å²) in [5.41, 5.74) is 0. The van der Waals surface area contributed by atoms with Crippen LogP contribution in [0.5, 0.6) is 0 Å². The third-order valence-electron chi connectivity index (χ3n) is 2.58. The Morgan fingerprint density at radius 3 is 1.38 bits per heavy atom. The van der Waals surface area contributed by atoms with E-state index in [-0.39, 0.29) is 0 Å². The van der Waals surface area contributed by atoms with Gasteiger partial charge in [0.2, 0.25) is 0 Å². The van der Waals surface area contributed by atoms with Gasteiger partial charge in [0.15, 0.2) is 0 Å². The predicted molar refractivity (Wildman–Crippen MR) is 78.3 cm³/mol. The van der Waals surface area contributed by atoms with E-state index in [0.29, 0.717) is 10.5 Å². The van der Waals surface area contributed by atoms with Crippen LogP contribution in [0.15, 0.2) is 48.6 Å². The largest absolute Gasteiger partial charge is 0.150 e. The minimum atomic E-state index is 0.647. The van der Waals surface area contributed by atoms with Gasteiger partial charge in [-0.25, -0.2) is 0 Å². The number of rotatable bonds is 7. The first-order valence-corrected chi connectivity index (χ1v) is 7.98. The van der Waals surface area contributed by atoms with E-state index in [1.54, 1.807) is 0 Å². The van der Waals surface area contributed by atoms with Crippen molar-refractivity contribution in [3.63, 3.8) is 0 Å². The van der Waals surface area contributed by atoms with Crippen LogP contribution >= 0.6 is 23.5 Å². The standard InChI is InChI=1S/C14H18S2/c1-2-8-13(7-1)15-11-5-6-12-16-14-9-3-4-10-14/h1-4,7-10,13-14H,5-6,11-12H2. The van der Waals surface area contributed by atoms with Crippen LogP contribution in [0.3, 0.4) is 0 Å². The third kappa shape index (κ3) is 4.26. The van der Waals surface area contributed by atoms with Crippen molar-refractivity contribution < 1.29 is 0 Å². The Balaban J connectivity index is 1.43. The predicted octanol–water partition coefficient (Wildman–Crippen LogP) is 4.22. The van der Waals surface area contributed by atoms with Crippen molar-refractivity contribution in [2.75, 3.05) is 11.5 Å². The van der Waals surface area contributed by atoms with Gasteiger partial charge < -0.3 is 0 Å². The van der Waals surface area contributed by atoms with E-state index in [2.05, 4.69) is 72.1 Å². The number of unbranched alkanes of at least 4 members (excludes halogenated alkanes) is 1. The number of hydrogen-bond donors (Lipinski definition) is 0. The zero-order valence-corrected chi connectivity index (χ0v) is 11.1. The average molecular weight is 250 g/mol. The Hall–Kier alpha value is -0.340. The molecule has 0 aromatic carbocycles. The molecule has 0 heterocycles. The molecule has 0 nitrogen and oxygen atoms in total. The van der Waals surface area contributed by atoms with Crippen LogP contribution in [-0.4, -0.2) is 22.0 Å². The summed E-state index contributed by atoms with van der Waals surface area (Å²) < 4.78 is 0. The van der Waals surface area contributed by atoms with Crippen LogP contribution in [-0.2, 0) is 0 Å². The molecular formula is C14H18S2. The molecule has 2 aliphatic carbocycles. The summed E-state index contributed by atoms with van der Waals surface area (Å²) in [7, 11) is 0. The van der Waals surface area contributed by atoms with Crippen LogP contribution in [0.4, 0.5) is 0 Å². The molecule has 0 radical (unpaired) electrons. The molecular weight excluding hydrogens is 232 g/mol. The molecule has 0 spiro atoms. The van der Waals surface area contributed by atoms with Crippen LogP contribution in [0.1, 0.15) is 12.8 Å². The molecule has 0 aliphatic heterocycles. The average Bonchev–Trinajstić information content (AvgIpc) is 2.96. The summed E-state index contributed by atoms with van der Waals surface area (Å²) in [5, 5.41) is 1.29. The van der Waals surface area contributed by atoms with E-state index in [1.165, 1.54) is 24.3 Å². The van der Waals surface area contributed by atoms with Crippen LogP contribution in [0, 0.1) is 0 Å². The van der Waals surface area contributed by atoms with Crippen molar-refractivity contribution in [1.29, 1.82) is 0 Å². The van der Waals surface area contributed by atoms with Crippen LogP contribution in [0.25, 0.3) is 0 Å². The van der Waals surface area contributed by atoms with Gasteiger partial charge in [0.05, 0.1) is 0 Å². The Bertz CT molecular complexity index is 257. The second-order valence-corrected chi connectivity index (χ2v) is 6.49. The lowest BCUT2D eigenvalue weighted by Gasteiger charge is -2.06. The van der Waals surface area contributed by atoms with E-state index in [4.69, 9.17) is 0 Å². The second-order valence-electron chi connectivity index (χ2n) is 3.92. The van der Waals surface area contributed by atoms with E-state index < -0.39 is 0 Å². The SMILES string of the molecule is C1=CC(SCCCCSC2C=CC=C2)C=C1. The van der Waals surface area contributed by atoms with Gasteiger partial charge in [-0.3, -0.25) is 0 Å². The molecule has 2 aliphatic rings. The summed E-state index contributed by atoms with van der Waals surface area (Å²) >= 11 is 4.11. The molecule has 0 bridgehead atoms. The maximum atomic E-state index is 2.27. The van der Waals surface area contributed by atoms with Crippen molar-refractivity contribution >= 4 is 23.5 Å². The number of hydrogen-bond acceptors (Lipinski definition) is 2. The van der Waals surface area contributed by atoms with Crippen molar-refractivity contribution in [3.05, 3.63) is 48.6 Å². The molecule has 2 rings (SSSR count). The normalized spacial score (nSPS) is 19.2. The fourth-order valence-corrected chi connectivity index (χ4v) is 3.78. The molecule has 86 valence electrons. The lowest BCUT2D eigenvalue weighted by Crippen LogP contribution is -1.95.